The fraction of sp³-hybridized carbons (Fsp3) is 0.0588. The highest BCUT2D eigenvalue weighted by molar-refractivity contribution is 7.92. The van der Waals surface area contributed by atoms with Gasteiger partial charge in [-0.15, -0.1) is 0 Å². The van der Waals surface area contributed by atoms with Crippen LogP contribution in [0.5, 0.6) is 5.88 Å². The van der Waals surface area contributed by atoms with Crippen LogP contribution in [0.2, 0.25) is 0 Å². The topological polar surface area (TPSA) is 81.2 Å². The molecule has 0 atom stereocenters. The largest absolute Gasteiger partial charge is 0.478 e. The Morgan fingerprint density at radius 1 is 0.917 bits per heavy atom. The molecule has 7 heteroatoms. The van der Waals surface area contributed by atoms with E-state index in [1.807, 2.05) is 30.3 Å². The molecule has 122 valence electrons. The Morgan fingerprint density at radius 2 is 1.58 bits per heavy atom. The molecule has 1 N–H and O–H groups in total. The first kappa shape index (κ1) is 15.9. The lowest BCUT2D eigenvalue weighted by Crippen LogP contribution is -2.16. The second-order valence-electron chi connectivity index (χ2n) is 4.88. The minimum atomic E-state index is -3.86. The fourth-order valence-electron chi connectivity index (χ4n) is 2.28. The molecule has 3 aromatic rings. The quantitative estimate of drug-likeness (QED) is 0.771. The van der Waals surface area contributed by atoms with Gasteiger partial charge in [-0.05, 0) is 11.6 Å². The monoisotopic (exact) mass is 341 g/mol. The average Bonchev–Trinajstić information content (AvgIpc) is 2.62. The first-order chi connectivity index (χ1) is 11.6. The third-order valence-corrected chi connectivity index (χ3v) is 4.75. The van der Waals surface area contributed by atoms with E-state index < -0.39 is 10.0 Å². The predicted molar refractivity (Wildman–Crippen MR) is 91.3 cm³/mol. The molecule has 0 aliphatic carbocycles. The summed E-state index contributed by atoms with van der Waals surface area (Å²) in [5.41, 5.74) is 1.41. The highest BCUT2D eigenvalue weighted by Gasteiger charge is 2.21. The minimum absolute atomic E-state index is 0.0443. The molecule has 0 saturated carbocycles. The number of nitrogens with zero attached hydrogens (tertiary/aromatic N) is 2. The molecule has 0 unspecified atom stereocenters. The Bertz CT molecular complexity index is 944. The van der Waals surface area contributed by atoms with E-state index in [1.165, 1.54) is 19.5 Å². The summed E-state index contributed by atoms with van der Waals surface area (Å²) in [5.74, 6) is 0.154. The van der Waals surface area contributed by atoms with E-state index in [9.17, 15) is 8.42 Å². The third kappa shape index (κ3) is 3.21. The van der Waals surface area contributed by atoms with Gasteiger partial charge in [-0.1, -0.05) is 48.5 Å². The number of rotatable bonds is 5. The Balaban J connectivity index is 2.05. The molecule has 0 spiro atoms. The lowest BCUT2D eigenvalue weighted by molar-refractivity contribution is 0.398. The molecular formula is C17H15N3O3S. The number of methoxy groups -OCH3 is 1. The van der Waals surface area contributed by atoms with E-state index >= 15 is 0 Å². The summed E-state index contributed by atoms with van der Waals surface area (Å²) in [6.45, 7) is 0. The Labute approximate surface area is 140 Å². The molecule has 3 rings (SSSR count). The molecule has 0 aliphatic heterocycles. The van der Waals surface area contributed by atoms with Gasteiger partial charge in [-0.2, -0.15) is 0 Å². The molecule has 2 aromatic carbocycles. The number of anilines is 1. The molecule has 0 bridgehead atoms. The second kappa shape index (κ2) is 6.67. The zero-order valence-electron chi connectivity index (χ0n) is 12.9. The van der Waals surface area contributed by atoms with Crippen LogP contribution in [-0.4, -0.2) is 25.5 Å². The SMILES string of the molecule is COc1nccnc1NS(=O)(=O)c1ccccc1-c1ccccc1. The molecule has 0 fully saturated rings. The van der Waals surface area contributed by atoms with E-state index in [2.05, 4.69) is 14.7 Å². The van der Waals surface area contributed by atoms with Gasteiger partial charge in [0.05, 0.1) is 12.0 Å². The van der Waals surface area contributed by atoms with Crippen LogP contribution < -0.4 is 9.46 Å². The highest BCUT2D eigenvalue weighted by Crippen LogP contribution is 2.29. The summed E-state index contributed by atoms with van der Waals surface area (Å²) in [5, 5.41) is 0. The molecule has 1 heterocycles. The Morgan fingerprint density at radius 3 is 2.33 bits per heavy atom. The fourth-order valence-corrected chi connectivity index (χ4v) is 3.52. The van der Waals surface area contributed by atoms with Gasteiger partial charge in [-0.25, -0.2) is 18.4 Å². The van der Waals surface area contributed by atoms with Gasteiger partial charge in [0, 0.05) is 18.0 Å². The van der Waals surface area contributed by atoms with Crippen molar-refractivity contribution in [3.63, 3.8) is 0 Å². The van der Waals surface area contributed by atoms with Crippen LogP contribution in [0.4, 0.5) is 5.82 Å². The zero-order valence-corrected chi connectivity index (χ0v) is 13.7. The van der Waals surface area contributed by atoms with Crippen molar-refractivity contribution in [3.05, 3.63) is 67.0 Å². The maximum Gasteiger partial charge on any atom is 0.263 e. The van der Waals surface area contributed by atoms with Gasteiger partial charge in [0.1, 0.15) is 0 Å². The highest BCUT2D eigenvalue weighted by atomic mass is 32.2. The number of aromatic nitrogens is 2. The summed E-state index contributed by atoms with van der Waals surface area (Å²) in [6.07, 6.45) is 2.82. The van der Waals surface area contributed by atoms with Crippen molar-refractivity contribution < 1.29 is 13.2 Å². The summed E-state index contributed by atoms with van der Waals surface area (Å²) >= 11 is 0. The molecule has 0 saturated heterocycles. The summed E-state index contributed by atoms with van der Waals surface area (Å²) in [7, 11) is -2.45. The van der Waals surface area contributed by atoms with Crippen molar-refractivity contribution in [1.82, 2.24) is 9.97 Å². The molecular weight excluding hydrogens is 326 g/mol. The minimum Gasteiger partial charge on any atom is -0.478 e. The van der Waals surface area contributed by atoms with Crippen LogP contribution >= 0.6 is 0 Å². The number of benzene rings is 2. The smallest absolute Gasteiger partial charge is 0.263 e. The van der Waals surface area contributed by atoms with Gasteiger partial charge >= 0.3 is 0 Å². The van der Waals surface area contributed by atoms with Crippen LogP contribution in [0.25, 0.3) is 11.1 Å². The summed E-state index contributed by atoms with van der Waals surface area (Å²) < 4.78 is 33.1. The normalized spacial score (nSPS) is 11.0. The van der Waals surface area contributed by atoms with Crippen molar-refractivity contribution in [3.8, 4) is 17.0 Å². The first-order valence-corrected chi connectivity index (χ1v) is 8.62. The van der Waals surface area contributed by atoms with E-state index in [0.717, 1.165) is 5.56 Å². The van der Waals surface area contributed by atoms with Crippen LogP contribution in [0.3, 0.4) is 0 Å². The standard InChI is InChI=1S/C17H15N3O3S/c1-23-17-16(18-11-12-19-17)20-24(21,22)15-10-6-5-9-14(15)13-7-3-2-4-8-13/h2-12H,1H3,(H,18,20). The lowest BCUT2D eigenvalue weighted by Gasteiger charge is -2.13. The lowest BCUT2D eigenvalue weighted by atomic mass is 10.1. The number of nitrogens with one attached hydrogen (secondary N) is 1. The van der Waals surface area contributed by atoms with Gasteiger partial charge in [0.15, 0.2) is 0 Å². The maximum atomic E-state index is 12.8. The van der Waals surface area contributed by atoms with Gasteiger partial charge in [-0.3, -0.25) is 4.72 Å². The molecule has 0 amide bonds. The average molecular weight is 341 g/mol. The third-order valence-electron chi connectivity index (χ3n) is 3.35. The molecule has 0 radical (unpaired) electrons. The predicted octanol–water partition coefficient (Wildman–Crippen LogP) is 2.95. The molecule has 0 aliphatic rings. The van der Waals surface area contributed by atoms with E-state index in [1.54, 1.807) is 24.3 Å². The van der Waals surface area contributed by atoms with E-state index in [0.29, 0.717) is 5.56 Å². The van der Waals surface area contributed by atoms with Crippen molar-refractivity contribution in [1.29, 1.82) is 0 Å². The summed E-state index contributed by atoms with van der Waals surface area (Å²) in [4.78, 5) is 8.09. The number of hydrogen-bond donors (Lipinski definition) is 1. The van der Waals surface area contributed by atoms with Gasteiger partial charge in [0.2, 0.25) is 5.82 Å². The maximum absolute atomic E-state index is 12.8. The number of sulfonamides is 1. The van der Waals surface area contributed by atoms with E-state index in [4.69, 9.17) is 4.74 Å². The van der Waals surface area contributed by atoms with Crippen molar-refractivity contribution in [2.24, 2.45) is 0 Å². The second-order valence-corrected chi connectivity index (χ2v) is 6.53. The van der Waals surface area contributed by atoms with Crippen molar-refractivity contribution in [2.45, 2.75) is 4.90 Å². The van der Waals surface area contributed by atoms with Crippen molar-refractivity contribution >= 4 is 15.8 Å². The Kier molecular flexibility index (Phi) is 4.43. The molecule has 6 nitrogen and oxygen atoms in total. The molecule has 24 heavy (non-hydrogen) atoms. The number of hydrogen-bond acceptors (Lipinski definition) is 5. The zero-order chi connectivity index (χ0) is 17.0. The van der Waals surface area contributed by atoms with Gasteiger partial charge in [0.25, 0.3) is 15.9 Å². The molecule has 1 aromatic heterocycles. The van der Waals surface area contributed by atoms with E-state index in [-0.39, 0.29) is 16.6 Å². The van der Waals surface area contributed by atoms with Crippen molar-refractivity contribution in [2.75, 3.05) is 11.8 Å². The first-order valence-electron chi connectivity index (χ1n) is 7.14. The Hall–Kier alpha value is -2.93. The van der Waals surface area contributed by atoms with Gasteiger partial charge < -0.3 is 4.74 Å². The number of ether oxygens (including phenoxy) is 1. The van der Waals surface area contributed by atoms with Crippen LogP contribution in [-0.2, 0) is 10.0 Å². The summed E-state index contributed by atoms with van der Waals surface area (Å²) in [6, 6.07) is 16.1. The van der Waals surface area contributed by atoms with Crippen LogP contribution in [0, 0.1) is 0 Å². The van der Waals surface area contributed by atoms with Crippen LogP contribution in [0.1, 0.15) is 0 Å². The van der Waals surface area contributed by atoms with Crippen LogP contribution in [0.15, 0.2) is 71.9 Å².